The van der Waals surface area contributed by atoms with Crippen LogP contribution in [-0.4, -0.2) is 61.5 Å². The van der Waals surface area contributed by atoms with Gasteiger partial charge in [0.25, 0.3) is 0 Å². The maximum atomic E-state index is 11.8. The Balaban J connectivity index is 5.97. The lowest BCUT2D eigenvalue weighted by molar-refractivity contribution is -0.206. The fourth-order valence-electron chi connectivity index (χ4n) is 1.39. The third-order valence-electron chi connectivity index (χ3n) is 2.55. The van der Waals surface area contributed by atoms with Crippen LogP contribution in [0.25, 0.3) is 0 Å². The molecule has 0 saturated heterocycles. The molecule has 9 heteroatoms. The molecule has 0 unspecified atom stereocenters. The lowest BCUT2D eigenvalue weighted by Gasteiger charge is -2.40. The van der Waals surface area contributed by atoms with Gasteiger partial charge in [-0.25, -0.2) is 0 Å². The number of carbonyl (C=O) groups excluding carboxylic acids is 4. The summed E-state index contributed by atoms with van der Waals surface area (Å²) in [6.07, 6.45) is -2.46. The number of hydrogen-bond acceptors (Lipinski definition) is 8. The predicted octanol–water partition coefficient (Wildman–Crippen LogP) is -1.53. The molecule has 0 aromatic rings. The van der Waals surface area contributed by atoms with Gasteiger partial charge in [0.1, 0.15) is 12.7 Å². The zero-order valence-electron chi connectivity index (χ0n) is 13.2. The summed E-state index contributed by atoms with van der Waals surface area (Å²) in [5, 5.41) is 30.5. The number of Topliss-reactive ketones (excluding diaryl/α,β-unsaturated/α-hetero) is 2. The maximum absolute atomic E-state index is 11.8. The van der Waals surface area contributed by atoms with Gasteiger partial charge in [-0.2, -0.15) is 0 Å². The molecule has 0 spiro atoms. The van der Waals surface area contributed by atoms with E-state index in [0.717, 1.165) is 0 Å². The van der Waals surface area contributed by atoms with E-state index in [2.05, 4.69) is 20.7 Å². The Morgan fingerprint density at radius 1 is 1.20 bits per heavy atom. The Kier molecular flexibility index (Phi) is 4.51. The summed E-state index contributed by atoms with van der Waals surface area (Å²) in [5.41, 5.74) is -7.07. The van der Waals surface area contributed by atoms with E-state index in [9.17, 15) is 34.5 Å². The number of hydrogen-bond donors (Lipinski definition) is 3. The van der Waals surface area contributed by atoms with Gasteiger partial charge in [-0.05, 0) is 29.7 Å². The summed E-state index contributed by atoms with van der Waals surface area (Å²) < 4.78 is 23.3. The summed E-state index contributed by atoms with van der Waals surface area (Å²) in [5.74, 6) is -4.37. The van der Waals surface area contributed by atoms with Crippen LogP contribution in [0.5, 0.6) is 0 Å². The van der Waals surface area contributed by atoms with Crippen LogP contribution < -0.4 is 0 Å². The molecule has 0 aliphatic carbocycles. The molecule has 20 heavy (non-hydrogen) atoms. The number of ketones is 2. The van der Waals surface area contributed by atoms with Crippen LogP contribution in [0.2, 0.25) is 0 Å². The number of rotatable bonds is 7. The molecule has 114 valence electrons. The van der Waals surface area contributed by atoms with Gasteiger partial charge in [-0.1, -0.05) is 0 Å². The summed E-state index contributed by atoms with van der Waals surface area (Å²) >= 11 is 2.22. The molecule has 3 N–H and O–H groups in total. The molecule has 0 heterocycles. The number of esters is 1. The minimum atomic E-state index is -3.56. The van der Waals surface area contributed by atoms with Crippen LogP contribution in [0.15, 0.2) is 0 Å². The first-order chi connectivity index (χ1) is 10.5. The summed E-state index contributed by atoms with van der Waals surface area (Å²) in [7, 11) is 0. The largest absolute Gasteiger partial charge is 0.463 e. The van der Waals surface area contributed by atoms with E-state index < -0.39 is 66.8 Å². The summed E-state index contributed by atoms with van der Waals surface area (Å²) in [4.78, 5) is 46.0. The smallest absolute Gasteiger partial charge is 0.302 e. The van der Waals surface area contributed by atoms with E-state index in [1.807, 2.05) is 0 Å². The van der Waals surface area contributed by atoms with Crippen molar-refractivity contribution in [3.05, 3.63) is 0 Å². The standard InChI is InChI=1S/C11H15BrO8/c1-5(13)10(18,8(16)4-20-7(3)15)11(19,6(2)14)9(12)17/h8,16,18-19H,4H2,1-3H3/t8-,10-,11+/m1/s1/i1D,2D,3D. The minimum Gasteiger partial charge on any atom is -0.463 e. The van der Waals surface area contributed by atoms with Gasteiger partial charge in [-0.3, -0.25) is 19.2 Å². The molecular formula is C11H15BrO8. The van der Waals surface area contributed by atoms with E-state index in [1.165, 1.54) is 0 Å². The zero-order chi connectivity index (χ0) is 18.4. The van der Waals surface area contributed by atoms with E-state index in [0.29, 0.717) is 0 Å². The highest BCUT2D eigenvalue weighted by molar-refractivity contribution is 9.18. The monoisotopic (exact) mass is 357 g/mol. The predicted molar refractivity (Wildman–Crippen MR) is 67.8 cm³/mol. The van der Waals surface area contributed by atoms with Crippen molar-refractivity contribution in [3.8, 4) is 0 Å². The second-order valence-corrected chi connectivity index (χ2v) is 4.52. The second-order valence-electron chi connectivity index (χ2n) is 3.80. The van der Waals surface area contributed by atoms with Crippen LogP contribution in [0.4, 0.5) is 0 Å². The Morgan fingerprint density at radius 2 is 1.75 bits per heavy atom. The maximum Gasteiger partial charge on any atom is 0.302 e. The summed E-state index contributed by atoms with van der Waals surface area (Å²) in [6.45, 7) is -4.42. The van der Waals surface area contributed by atoms with Crippen LogP contribution in [-0.2, 0) is 23.9 Å². The van der Waals surface area contributed by atoms with Crippen molar-refractivity contribution < 1.29 is 43.3 Å². The van der Waals surface area contributed by atoms with Crippen molar-refractivity contribution in [3.63, 3.8) is 0 Å². The van der Waals surface area contributed by atoms with Crippen molar-refractivity contribution in [2.24, 2.45) is 0 Å². The molecular weight excluding hydrogens is 340 g/mol. The third kappa shape index (κ3) is 3.11. The first kappa shape index (κ1) is 13.8. The number of aliphatic hydroxyl groups is 3. The van der Waals surface area contributed by atoms with E-state index in [1.54, 1.807) is 0 Å². The lowest BCUT2D eigenvalue weighted by atomic mass is 9.74. The Hall–Kier alpha value is -1.16. The van der Waals surface area contributed by atoms with E-state index >= 15 is 0 Å². The van der Waals surface area contributed by atoms with Gasteiger partial charge in [0.05, 0.1) is 0 Å². The molecule has 0 aromatic carbocycles. The first-order valence-electron chi connectivity index (χ1n) is 7.08. The normalized spacial score (nSPS) is 20.3. The summed E-state index contributed by atoms with van der Waals surface area (Å²) in [6, 6.07) is 0. The quantitative estimate of drug-likeness (QED) is 0.283. The zero-order valence-corrected chi connectivity index (χ0v) is 11.8. The molecule has 0 radical (unpaired) electrons. The Morgan fingerprint density at radius 3 is 2.15 bits per heavy atom. The van der Waals surface area contributed by atoms with Crippen molar-refractivity contribution in [2.45, 2.75) is 38.0 Å². The molecule has 0 bridgehead atoms. The van der Waals surface area contributed by atoms with Gasteiger partial charge >= 0.3 is 5.97 Å². The fraction of sp³-hybridized carbons (Fsp3) is 0.636. The van der Waals surface area contributed by atoms with Gasteiger partial charge in [0.15, 0.2) is 17.2 Å². The average Bonchev–Trinajstić information content (AvgIpc) is 2.55. The molecule has 0 aliphatic rings. The van der Waals surface area contributed by atoms with E-state index in [4.69, 9.17) is 4.11 Å². The highest BCUT2D eigenvalue weighted by atomic mass is 79.9. The molecule has 8 nitrogen and oxygen atoms in total. The van der Waals surface area contributed by atoms with Gasteiger partial charge in [-0.15, -0.1) is 0 Å². The number of halogens is 1. The van der Waals surface area contributed by atoms with E-state index in [-0.39, 0.29) is 0 Å². The second kappa shape index (κ2) is 6.53. The van der Waals surface area contributed by atoms with Crippen molar-refractivity contribution in [1.29, 1.82) is 0 Å². The van der Waals surface area contributed by atoms with Gasteiger partial charge in [0, 0.05) is 11.0 Å². The molecule has 0 amide bonds. The van der Waals surface area contributed by atoms with Crippen molar-refractivity contribution in [1.82, 2.24) is 0 Å². The molecule has 0 fully saturated rings. The van der Waals surface area contributed by atoms with Crippen molar-refractivity contribution in [2.75, 3.05) is 6.61 Å². The highest BCUT2D eigenvalue weighted by Gasteiger charge is 2.64. The minimum absolute atomic E-state index is 0.842. The topological polar surface area (TPSA) is 138 Å². The molecule has 3 atom stereocenters. The fourth-order valence-corrected chi connectivity index (χ4v) is 1.92. The first-order valence-corrected chi connectivity index (χ1v) is 5.75. The van der Waals surface area contributed by atoms with Crippen LogP contribution in [0.1, 0.15) is 24.8 Å². The average molecular weight is 358 g/mol. The van der Waals surface area contributed by atoms with Crippen LogP contribution in [0.3, 0.4) is 0 Å². The number of aliphatic hydroxyl groups excluding tert-OH is 1. The van der Waals surface area contributed by atoms with Crippen LogP contribution in [0, 0.1) is 0 Å². The molecule has 0 aliphatic heterocycles. The number of carbonyl (C=O) groups is 4. The van der Waals surface area contributed by atoms with Crippen LogP contribution >= 0.6 is 15.9 Å². The molecule has 0 aromatic heterocycles. The van der Waals surface area contributed by atoms with Crippen molar-refractivity contribution >= 4 is 38.2 Å². The lowest BCUT2D eigenvalue weighted by Crippen LogP contribution is -2.71. The number of ether oxygens (including phenoxy) is 1. The Bertz CT molecular complexity index is 502. The SMILES string of the molecule is [2H]CC(=O)OC[C@@H](O)[C@](O)(C(=O)C[2H])[C@@](O)(C(=O)Br)C(=O)C[2H]. The molecule has 0 rings (SSSR count). The Labute approximate surface area is 127 Å². The molecule has 0 saturated carbocycles. The van der Waals surface area contributed by atoms with Gasteiger partial charge < -0.3 is 20.1 Å². The highest BCUT2D eigenvalue weighted by Crippen LogP contribution is 2.32. The van der Waals surface area contributed by atoms with Gasteiger partial charge in [0.2, 0.25) is 10.3 Å². The third-order valence-corrected chi connectivity index (χ3v) is 3.12.